The molecule has 0 spiro atoms. The van der Waals surface area contributed by atoms with Crippen LogP contribution in [-0.4, -0.2) is 94.0 Å². The van der Waals surface area contributed by atoms with Crippen LogP contribution in [0.25, 0.3) is 22.2 Å². The highest BCUT2D eigenvalue weighted by Gasteiger charge is 2.53. The number of nitrogen functional groups attached to an aromatic ring is 1. The number of halogens is 3. The standard InChI is InChI=1S/C22H22Cl3N7O10P2S2/c23-7-1-9-10(2-8(7)24)32(22(25)30-9)21-17-15(34)12(40-21)4-38-43(35,45)41-16-14(33)11(3-37-44(36,46)42-17)39-20(16)31-6-29-13-18(26)27-5-28-19(13)31/h1-2,5-6,11-12,14-17,20-21,33-34H,3-4H2,(H,35,45)(H,36,46)(H2,26,27,28)/t11-,12-,14?,15+,16+,17?,20-,21-,43?,44?/m1/s1. The molecule has 5 N–H and O–H groups in total. The first kappa shape index (κ1) is 33.3. The summed E-state index contributed by atoms with van der Waals surface area (Å²) in [6.07, 6.45) is -8.39. The minimum absolute atomic E-state index is 0.0862. The van der Waals surface area contributed by atoms with Gasteiger partial charge in [-0.3, -0.25) is 22.7 Å². The molecular formula is C22H22Cl3N7O10P2S2. The Labute approximate surface area is 283 Å². The number of nitrogens with zero attached hydrogens (tertiary/aromatic N) is 6. The molecule has 248 valence electrons. The van der Waals surface area contributed by atoms with Gasteiger partial charge in [-0.15, -0.1) is 0 Å². The molecule has 3 saturated heterocycles. The number of aliphatic hydroxyl groups excluding tert-OH is 2. The van der Waals surface area contributed by atoms with E-state index in [-0.39, 0.29) is 32.3 Å². The Morgan fingerprint density at radius 1 is 0.978 bits per heavy atom. The van der Waals surface area contributed by atoms with Gasteiger partial charge in [0.15, 0.2) is 23.9 Å². The zero-order chi connectivity index (χ0) is 32.7. The van der Waals surface area contributed by atoms with Crippen LogP contribution in [0.4, 0.5) is 5.82 Å². The van der Waals surface area contributed by atoms with Gasteiger partial charge in [-0.2, -0.15) is 0 Å². The van der Waals surface area contributed by atoms with Crippen LogP contribution in [0.5, 0.6) is 0 Å². The first-order chi connectivity index (χ1) is 21.7. The fourth-order valence-corrected chi connectivity index (χ4v) is 8.90. The molecule has 3 aromatic heterocycles. The van der Waals surface area contributed by atoms with E-state index in [4.69, 9.17) is 79.9 Å². The van der Waals surface area contributed by atoms with E-state index in [9.17, 15) is 19.7 Å². The summed E-state index contributed by atoms with van der Waals surface area (Å²) in [7, 11) is 0. The monoisotopic (exact) mass is 775 g/mol. The molecule has 17 nitrogen and oxygen atoms in total. The van der Waals surface area contributed by atoms with Gasteiger partial charge in [0.2, 0.25) is 5.28 Å². The van der Waals surface area contributed by atoms with Gasteiger partial charge in [-0.1, -0.05) is 35.5 Å². The fourth-order valence-electron chi connectivity index (χ4n) is 5.43. The summed E-state index contributed by atoms with van der Waals surface area (Å²) >= 11 is 28.2. The van der Waals surface area contributed by atoms with Gasteiger partial charge in [-0.25, -0.2) is 24.5 Å². The predicted molar refractivity (Wildman–Crippen MR) is 169 cm³/mol. The number of ether oxygens (including phenoxy) is 2. The molecule has 4 aromatic rings. The number of imidazole rings is 2. The van der Waals surface area contributed by atoms with Crippen molar-refractivity contribution >= 4 is 100 Å². The molecule has 10 atom stereocenters. The lowest BCUT2D eigenvalue weighted by molar-refractivity contribution is -0.0599. The highest BCUT2D eigenvalue weighted by atomic mass is 35.5. The van der Waals surface area contributed by atoms with Crippen LogP contribution in [0.15, 0.2) is 24.8 Å². The smallest absolute Gasteiger partial charge is 0.386 e. The number of aromatic nitrogens is 6. The minimum Gasteiger partial charge on any atom is -0.387 e. The second-order valence-electron chi connectivity index (χ2n) is 10.4. The number of rotatable bonds is 2. The molecule has 0 radical (unpaired) electrons. The SMILES string of the molecule is Nc1ncnc2c1ncn2[C@@H]1O[C@@H]2COP(O)(=S)OC3[C@@H](O)[C@@H](COP(=O)(S)O[C@H]1C2O)O[C@H]3n1c(Cl)nc2cc(Cl)c(Cl)cc21. The topological polar surface area (TPSA) is 221 Å². The van der Waals surface area contributed by atoms with Gasteiger partial charge in [0.05, 0.1) is 40.6 Å². The number of nitrogens with two attached hydrogens (primary N) is 1. The lowest BCUT2D eigenvalue weighted by Gasteiger charge is -2.28. The number of aliphatic hydroxyl groups is 2. The molecule has 46 heavy (non-hydrogen) atoms. The van der Waals surface area contributed by atoms with E-state index in [1.165, 1.54) is 33.9 Å². The van der Waals surface area contributed by atoms with Crippen molar-refractivity contribution < 1.29 is 47.2 Å². The average Bonchev–Trinajstić information content (AvgIpc) is 3.71. The number of anilines is 1. The molecule has 0 amide bonds. The Bertz CT molecular complexity index is 1940. The highest BCUT2D eigenvalue weighted by Crippen LogP contribution is 2.58. The van der Waals surface area contributed by atoms with Gasteiger partial charge in [-0.05, 0) is 35.5 Å². The van der Waals surface area contributed by atoms with Gasteiger partial charge >= 0.3 is 13.5 Å². The van der Waals surface area contributed by atoms with Crippen LogP contribution in [0.2, 0.25) is 15.3 Å². The summed E-state index contributed by atoms with van der Waals surface area (Å²) in [6, 6.07) is 2.96. The third-order valence-electron chi connectivity index (χ3n) is 7.54. The second kappa shape index (κ2) is 12.3. The number of hydrogen-bond donors (Lipinski definition) is 5. The normalized spacial score (nSPS) is 37.2. The molecule has 3 fully saturated rings. The Morgan fingerprint density at radius 3 is 2.37 bits per heavy atom. The van der Waals surface area contributed by atoms with Crippen molar-refractivity contribution in [2.75, 3.05) is 18.9 Å². The molecule has 0 saturated carbocycles. The van der Waals surface area contributed by atoms with Gasteiger partial charge in [0.1, 0.15) is 48.5 Å². The van der Waals surface area contributed by atoms with E-state index in [2.05, 4.69) is 32.2 Å². The zero-order valence-electron chi connectivity index (χ0n) is 22.7. The fraction of sp³-hybridized carbons (Fsp3) is 0.455. The van der Waals surface area contributed by atoms with E-state index >= 15 is 0 Å². The van der Waals surface area contributed by atoms with Crippen molar-refractivity contribution in [1.82, 2.24) is 29.1 Å². The Kier molecular flexibility index (Phi) is 8.88. The third-order valence-corrected chi connectivity index (χ3v) is 11.7. The van der Waals surface area contributed by atoms with Crippen LogP contribution in [0.3, 0.4) is 0 Å². The van der Waals surface area contributed by atoms with Crippen molar-refractivity contribution in [2.45, 2.75) is 49.1 Å². The summed E-state index contributed by atoms with van der Waals surface area (Å²) in [5.41, 5.74) is 7.05. The summed E-state index contributed by atoms with van der Waals surface area (Å²) in [4.78, 5) is 27.7. The van der Waals surface area contributed by atoms with Crippen LogP contribution < -0.4 is 5.73 Å². The first-order valence-electron chi connectivity index (χ1n) is 13.2. The van der Waals surface area contributed by atoms with E-state index in [0.717, 1.165) is 0 Å². The Hall–Kier alpha value is -1.22. The predicted octanol–water partition coefficient (Wildman–Crippen LogP) is 3.01. The van der Waals surface area contributed by atoms with E-state index in [1.54, 1.807) is 0 Å². The van der Waals surface area contributed by atoms with Gasteiger partial charge < -0.3 is 34.8 Å². The van der Waals surface area contributed by atoms with Crippen molar-refractivity contribution in [3.63, 3.8) is 0 Å². The molecule has 6 heterocycles. The molecule has 0 aliphatic carbocycles. The van der Waals surface area contributed by atoms with E-state index in [0.29, 0.717) is 11.0 Å². The molecule has 7 rings (SSSR count). The number of fused-ring (bicyclic) bond motifs is 6. The Morgan fingerprint density at radius 2 is 1.63 bits per heavy atom. The molecule has 1 aromatic carbocycles. The maximum atomic E-state index is 13.6. The zero-order valence-corrected chi connectivity index (χ0v) is 28.5. The van der Waals surface area contributed by atoms with E-state index < -0.39 is 75.8 Å². The largest absolute Gasteiger partial charge is 0.387 e. The van der Waals surface area contributed by atoms with E-state index in [1.807, 2.05) is 0 Å². The average molecular weight is 777 g/mol. The third kappa shape index (κ3) is 5.98. The summed E-state index contributed by atoms with van der Waals surface area (Å²) < 4.78 is 51.0. The lowest BCUT2D eigenvalue weighted by Crippen LogP contribution is -2.37. The molecule has 3 aliphatic rings. The van der Waals surface area contributed by atoms with Crippen molar-refractivity contribution in [3.8, 4) is 0 Å². The molecule has 3 aliphatic heterocycles. The summed E-state index contributed by atoms with van der Waals surface area (Å²) in [5, 5.41) is 22.8. The number of hydrogen-bond acceptors (Lipinski definition) is 15. The molecular weight excluding hydrogens is 755 g/mol. The molecule has 4 bridgehead atoms. The van der Waals surface area contributed by atoms with Crippen LogP contribution in [0.1, 0.15) is 12.5 Å². The van der Waals surface area contributed by atoms with Crippen molar-refractivity contribution in [3.05, 3.63) is 40.1 Å². The summed E-state index contributed by atoms with van der Waals surface area (Å²) in [6.45, 7) is -9.65. The maximum Gasteiger partial charge on any atom is 0.386 e. The minimum atomic E-state index is -4.33. The molecule has 24 heteroatoms. The molecule has 4 unspecified atom stereocenters. The Balaban J connectivity index is 1.23. The summed E-state index contributed by atoms with van der Waals surface area (Å²) in [5.74, 6) is 0.0862. The van der Waals surface area contributed by atoms with Crippen molar-refractivity contribution in [2.24, 2.45) is 0 Å². The van der Waals surface area contributed by atoms with Gasteiger partial charge in [0.25, 0.3) is 0 Å². The van der Waals surface area contributed by atoms with Crippen LogP contribution in [0, 0.1) is 0 Å². The van der Waals surface area contributed by atoms with Crippen LogP contribution in [-0.2, 0) is 43.9 Å². The number of benzene rings is 1. The second-order valence-corrected chi connectivity index (χ2v) is 17.2. The first-order valence-corrected chi connectivity index (χ1v) is 19.6. The van der Waals surface area contributed by atoms with Gasteiger partial charge in [0, 0.05) is 0 Å². The number of thiol groups is 1. The van der Waals surface area contributed by atoms with Crippen molar-refractivity contribution in [1.29, 1.82) is 0 Å². The van der Waals surface area contributed by atoms with Crippen LogP contribution >= 0.6 is 60.6 Å². The lowest BCUT2D eigenvalue weighted by atomic mass is 10.1. The quantitative estimate of drug-likeness (QED) is 0.146. The highest BCUT2D eigenvalue weighted by molar-refractivity contribution is 8.44. The maximum absolute atomic E-state index is 13.6.